The van der Waals surface area contributed by atoms with E-state index in [9.17, 15) is 27.2 Å². The predicted molar refractivity (Wildman–Crippen MR) is 112 cm³/mol. The molecule has 0 unspecified atom stereocenters. The number of benzene rings is 2. The molecule has 9 nitrogen and oxygen atoms in total. The van der Waals surface area contributed by atoms with E-state index in [4.69, 9.17) is 0 Å². The molecule has 2 fully saturated rings. The van der Waals surface area contributed by atoms with Crippen molar-refractivity contribution in [2.24, 2.45) is 0 Å². The molecule has 1 saturated heterocycles. The summed E-state index contributed by atoms with van der Waals surface area (Å²) in [6, 6.07) is 9.17. The molecule has 3 N–H and O–H groups in total. The number of hydrazine groups is 1. The standard InChI is InChI=1S/C21H21FN4O5S/c22-15-7-9-16(10-8-15)25-32(30,31)17-6-4-5-14(13-17)18(27)24-26-19(28)21(23-20(26)29)11-2-1-3-12-21/h4-10,13,25H,1-3,11-12H2,(H,23,29)(H,24,27). The van der Waals surface area contributed by atoms with Gasteiger partial charge in [0.25, 0.3) is 21.8 Å². The highest BCUT2D eigenvalue weighted by Crippen LogP contribution is 2.33. The van der Waals surface area contributed by atoms with E-state index >= 15 is 0 Å². The normalized spacial score (nSPS) is 17.8. The maximum absolute atomic E-state index is 13.0. The molecule has 0 aromatic heterocycles. The van der Waals surface area contributed by atoms with Gasteiger partial charge in [0.2, 0.25) is 0 Å². The van der Waals surface area contributed by atoms with E-state index in [1.165, 1.54) is 30.3 Å². The minimum atomic E-state index is -4.07. The van der Waals surface area contributed by atoms with Crippen molar-refractivity contribution >= 4 is 33.6 Å². The zero-order valence-corrected chi connectivity index (χ0v) is 17.7. The van der Waals surface area contributed by atoms with E-state index < -0.39 is 39.2 Å². The first-order valence-electron chi connectivity index (χ1n) is 10.1. The molecule has 2 aliphatic rings. The number of sulfonamides is 1. The summed E-state index contributed by atoms with van der Waals surface area (Å²) >= 11 is 0. The number of rotatable bonds is 5. The highest BCUT2D eigenvalue weighted by Gasteiger charge is 2.52. The molecular weight excluding hydrogens is 439 g/mol. The Bertz CT molecular complexity index is 1180. The van der Waals surface area contributed by atoms with E-state index in [2.05, 4.69) is 15.5 Å². The number of carbonyl (C=O) groups excluding carboxylic acids is 3. The summed E-state index contributed by atoms with van der Waals surface area (Å²) in [4.78, 5) is 37.6. The van der Waals surface area contributed by atoms with Crippen LogP contribution in [0.5, 0.6) is 0 Å². The number of hydrogen-bond donors (Lipinski definition) is 3. The summed E-state index contributed by atoms with van der Waals surface area (Å²) in [5, 5.41) is 3.34. The quantitative estimate of drug-likeness (QED) is 0.592. The molecule has 4 amide bonds. The lowest BCUT2D eigenvalue weighted by molar-refractivity contribution is -0.134. The monoisotopic (exact) mass is 460 g/mol. The molecule has 11 heteroatoms. The Labute approximate surface area is 184 Å². The largest absolute Gasteiger partial charge is 0.344 e. The van der Waals surface area contributed by atoms with E-state index in [1.807, 2.05) is 0 Å². The molecule has 0 radical (unpaired) electrons. The lowest BCUT2D eigenvalue weighted by Crippen LogP contribution is -2.50. The Hall–Kier alpha value is -3.47. The highest BCUT2D eigenvalue weighted by atomic mass is 32.2. The average molecular weight is 460 g/mol. The van der Waals surface area contributed by atoms with Crippen LogP contribution in [0.3, 0.4) is 0 Å². The Morgan fingerprint density at radius 3 is 2.41 bits per heavy atom. The number of halogens is 1. The topological polar surface area (TPSA) is 125 Å². The van der Waals surface area contributed by atoms with Crippen molar-refractivity contribution in [1.82, 2.24) is 15.8 Å². The molecule has 2 aromatic carbocycles. The number of nitrogens with one attached hydrogen (secondary N) is 3. The van der Waals surface area contributed by atoms with Gasteiger partial charge < -0.3 is 5.32 Å². The summed E-state index contributed by atoms with van der Waals surface area (Å²) in [6.07, 6.45) is 3.59. The fourth-order valence-corrected chi connectivity index (χ4v) is 5.02. The number of hydrogen-bond acceptors (Lipinski definition) is 5. The van der Waals surface area contributed by atoms with Crippen LogP contribution in [0.1, 0.15) is 42.5 Å². The van der Waals surface area contributed by atoms with Gasteiger partial charge in [0.15, 0.2) is 0 Å². The average Bonchev–Trinajstić information content (AvgIpc) is 2.99. The molecule has 1 aliphatic carbocycles. The van der Waals surface area contributed by atoms with Crippen molar-refractivity contribution in [2.75, 3.05) is 4.72 Å². The van der Waals surface area contributed by atoms with Crippen molar-refractivity contribution in [3.05, 3.63) is 59.9 Å². The molecule has 1 saturated carbocycles. The van der Waals surface area contributed by atoms with Gasteiger partial charge in [-0.3, -0.25) is 19.7 Å². The molecule has 0 bridgehead atoms. The van der Waals surface area contributed by atoms with Gasteiger partial charge in [-0.15, -0.1) is 0 Å². The molecule has 0 atom stereocenters. The van der Waals surface area contributed by atoms with Gasteiger partial charge in [0.1, 0.15) is 11.4 Å². The summed E-state index contributed by atoms with van der Waals surface area (Å²) in [5.74, 6) is -1.83. The molecule has 1 spiro atoms. The van der Waals surface area contributed by atoms with Crippen molar-refractivity contribution in [1.29, 1.82) is 0 Å². The van der Waals surface area contributed by atoms with Gasteiger partial charge in [-0.25, -0.2) is 17.6 Å². The lowest BCUT2D eigenvalue weighted by Gasteiger charge is -2.30. The number of carbonyl (C=O) groups is 3. The number of urea groups is 1. The molecular formula is C21H21FN4O5S. The number of amides is 4. The maximum Gasteiger partial charge on any atom is 0.344 e. The van der Waals surface area contributed by atoms with E-state index in [-0.39, 0.29) is 16.1 Å². The van der Waals surface area contributed by atoms with Crippen LogP contribution in [-0.4, -0.2) is 36.8 Å². The van der Waals surface area contributed by atoms with Crippen LogP contribution in [0.25, 0.3) is 0 Å². The van der Waals surface area contributed by atoms with E-state index in [0.717, 1.165) is 37.5 Å². The van der Waals surface area contributed by atoms with Crippen LogP contribution in [0.15, 0.2) is 53.4 Å². The van der Waals surface area contributed by atoms with Crippen LogP contribution in [0.2, 0.25) is 0 Å². The second-order valence-corrected chi connectivity index (χ2v) is 9.48. The van der Waals surface area contributed by atoms with Gasteiger partial charge in [-0.1, -0.05) is 25.3 Å². The van der Waals surface area contributed by atoms with Crippen LogP contribution < -0.4 is 15.5 Å². The van der Waals surface area contributed by atoms with Crippen LogP contribution in [0.4, 0.5) is 14.9 Å². The first-order valence-corrected chi connectivity index (χ1v) is 11.5. The number of nitrogens with zero attached hydrogens (tertiary/aromatic N) is 1. The van der Waals surface area contributed by atoms with Gasteiger partial charge in [-0.05, 0) is 55.3 Å². The Balaban J connectivity index is 1.50. The zero-order valence-electron chi connectivity index (χ0n) is 16.9. The van der Waals surface area contributed by atoms with Crippen LogP contribution in [-0.2, 0) is 14.8 Å². The summed E-state index contributed by atoms with van der Waals surface area (Å²) < 4.78 is 40.6. The Morgan fingerprint density at radius 1 is 1.03 bits per heavy atom. The summed E-state index contributed by atoms with van der Waals surface area (Å²) in [6.45, 7) is 0. The first kappa shape index (κ1) is 21.8. The Morgan fingerprint density at radius 2 is 1.72 bits per heavy atom. The van der Waals surface area contributed by atoms with Crippen molar-refractivity contribution in [3.63, 3.8) is 0 Å². The summed E-state index contributed by atoms with van der Waals surface area (Å²) in [7, 11) is -4.07. The van der Waals surface area contributed by atoms with Crippen LogP contribution >= 0.6 is 0 Å². The smallest absolute Gasteiger partial charge is 0.322 e. The van der Waals surface area contributed by atoms with Crippen molar-refractivity contribution in [3.8, 4) is 0 Å². The van der Waals surface area contributed by atoms with Crippen molar-refractivity contribution in [2.45, 2.75) is 42.5 Å². The predicted octanol–water partition coefficient (Wildman–Crippen LogP) is 2.53. The van der Waals surface area contributed by atoms with Crippen molar-refractivity contribution < 1.29 is 27.2 Å². The number of imide groups is 1. The van der Waals surface area contributed by atoms with Gasteiger partial charge in [0.05, 0.1) is 4.90 Å². The molecule has 4 rings (SSSR count). The molecule has 168 valence electrons. The van der Waals surface area contributed by atoms with Gasteiger partial charge in [-0.2, -0.15) is 5.01 Å². The third-order valence-electron chi connectivity index (χ3n) is 5.59. The second-order valence-electron chi connectivity index (χ2n) is 7.79. The minimum Gasteiger partial charge on any atom is -0.322 e. The lowest BCUT2D eigenvalue weighted by atomic mass is 9.82. The second kappa shape index (κ2) is 8.23. The van der Waals surface area contributed by atoms with Gasteiger partial charge in [0, 0.05) is 11.3 Å². The first-order chi connectivity index (χ1) is 15.2. The number of anilines is 1. The fourth-order valence-electron chi connectivity index (χ4n) is 3.92. The third-order valence-corrected chi connectivity index (χ3v) is 6.96. The SMILES string of the molecule is O=C(NN1C(=O)NC2(CCCCC2)C1=O)c1cccc(S(=O)(=O)Nc2ccc(F)cc2)c1. The highest BCUT2D eigenvalue weighted by molar-refractivity contribution is 7.92. The summed E-state index contributed by atoms with van der Waals surface area (Å²) in [5.41, 5.74) is 1.38. The maximum atomic E-state index is 13.0. The molecule has 32 heavy (non-hydrogen) atoms. The third kappa shape index (κ3) is 4.15. The van der Waals surface area contributed by atoms with Crippen LogP contribution in [0, 0.1) is 5.82 Å². The molecule has 2 aromatic rings. The molecule has 1 aliphatic heterocycles. The van der Waals surface area contributed by atoms with Gasteiger partial charge >= 0.3 is 6.03 Å². The zero-order chi connectivity index (χ0) is 22.9. The fraction of sp³-hybridized carbons (Fsp3) is 0.286. The van der Waals surface area contributed by atoms with E-state index in [0.29, 0.717) is 17.9 Å². The minimum absolute atomic E-state index is 0.0582. The Kier molecular flexibility index (Phi) is 5.59. The van der Waals surface area contributed by atoms with E-state index in [1.54, 1.807) is 0 Å². The molecule has 1 heterocycles.